The Hall–Kier alpha value is -2.06. The highest BCUT2D eigenvalue weighted by atomic mass is 127. The van der Waals surface area contributed by atoms with Gasteiger partial charge in [-0.3, -0.25) is 14.5 Å². The van der Waals surface area contributed by atoms with Crippen molar-refractivity contribution in [3.05, 3.63) is 74.3 Å². The molecule has 0 bridgehead atoms. The first-order chi connectivity index (χ1) is 12.5. The van der Waals surface area contributed by atoms with Gasteiger partial charge in [-0.1, -0.05) is 30.3 Å². The molecule has 2 aromatic carbocycles. The lowest BCUT2D eigenvalue weighted by Gasteiger charge is -2.12. The van der Waals surface area contributed by atoms with Gasteiger partial charge < -0.3 is 4.57 Å². The Labute approximate surface area is 169 Å². The lowest BCUT2D eigenvalue weighted by molar-refractivity contribution is -0.123. The third-order valence-electron chi connectivity index (χ3n) is 4.34. The van der Waals surface area contributed by atoms with Crippen LogP contribution >= 0.6 is 34.4 Å². The van der Waals surface area contributed by atoms with E-state index in [2.05, 4.69) is 22.6 Å². The number of rotatable bonds is 3. The summed E-state index contributed by atoms with van der Waals surface area (Å²) in [5, 5.41) is 0.847. The molecular weight excluding hydrogens is 459 g/mol. The highest BCUT2D eigenvalue weighted by molar-refractivity contribution is 14.1. The molecule has 1 saturated heterocycles. The Balaban J connectivity index is 1.64. The second kappa shape index (κ2) is 6.92. The summed E-state index contributed by atoms with van der Waals surface area (Å²) in [5.74, 6) is -0.230. The van der Waals surface area contributed by atoms with Crippen LogP contribution in [0.4, 0.5) is 4.79 Å². The van der Waals surface area contributed by atoms with E-state index in [1.54, 1.807) is 0 Å². The van der Waals surface area contributed by atoms with Crippen molar-refractivity contribution in [2.45, 2.75) is 6.54 Å². The van der Waals surface area contributed by atoms with Gasteiger partial charge in [0.15, 0.2) is 0 Å². The number of nitrogens with zero attached hydrogens (tertiary/aromatic N) is 2. The zero-order valence-electron chi connectivity index (χ0n) is 14.0. The van der Waals surface area contributed by atoms with Crippen LogP contribution in [0.3, 0.4) is 0 Å². The van der Waals surface area contributed by atoms with Crippen molar-refractivity contribution in [2.75, 3.05) is 0 Å². The Kier molecular flexibility index (Phi) is 4.62. The summed E-state index contributed by atoms with van der Waals surface area (Å²) in [4.78, 5) is 26.9. The molecule has 0 saturated carbocycles. The number of aromatic nitrogens is 1. The van der Waals surface area contributed by atoms with Crippen molar-refractivity contribution in [1.82, 2.24) is 9.47 Å². The second-order valence-electron chi connectivity index (χ2n) is 6.11. The second-order valence-corrected chi connectivity index (χ2v) is 8.35. The van der Waals surface area contributed by atoms with Gasteiger partial charge in [0.05, 0.1) is 11.4 Å². The van der Waals surface area contributed by atoms with Crippen molar-refractivity contribution >= 4 is 62.5 Å². The molecule has 130 valence electrons. The van der Waals surface area contributed by atoms with Crippen molar-refractivity contribution in [3.63, 3.8) is 0 Å². The molecular formula is C20H15IN2O2S. The van der Waals surface area contributed by atoms with E-state index in [9.17, 15) is 9.59 Å². The molecule has 2 heterocycles. The van der Waals surface area contributed by atoms with Gasteiger partial charge in [0.2, 0.25) is 0 Å². The van der Waals surface area contributed by atoms with E-state index in [4.69, 9.17) is 0 Å². The summed E-state index contributed by atoms with van der Waals surface area (Å²) in [6.07, 6.45) is 3.80. The third kappa shape index (κ3) is 3.19. The fraction of sp³-hybridized carbons (Fsp3) is 0.100. The van der Waals surface area contributed by atoms with Crippen LogP contribution in [0.2, 0.25) is 0 Å². The molecule has 6 heteroatoms. The highest BCUT2D eigenvalue weighted by Gasteiger charge is 2.35. The van der Waals surface area contributed by atoms with Gasteiger partial charge in [-0.2, -0.15) is 0 Å². The number of hydrogen-bond donors (Lipinski definition) is 0. The summed E-state index contributed by atoms with van der Waals surface area (Å²) in [6.45, 7) is 0.300. The number of thioether (sulfide) groups is 1. The van der Waals surface area contributed by atoms with Crippen LogP contribution in [-0.2, 0) is 18.4 Å². The number of amides is 2. The Morgan fingerprint density at radius 2 is 1.81 bits per heavy atom. The Morgan fingerprint density at radius 1 is 1.08 bits per heavy atom. The van der Waals surface area contributed by atoms with Crippen LogP contribution < -0.4 is 0 Å². The fourth-order valence-corrected chi connectivity index (χ4v) is 4.23. The Morgan fingerprint density at radius 3 is 2.58 bits per heavy atom. The topological polar surface area (TPSA) is 42.3 Å². The lowest BCUT2D eigenvalue weighted by atomic mass is 10.1. The number of imide groups is 1. The maximum Gasteiger partial charge on any atom is 0.293 e. The van der Waals surface area contributed by atoms with E-state index in [-0.39, 0.29) is 11.1 Å². The number of hydrogen-bond acceptors (Lipinski definition) is 3. The van der Waals surface area contributed by atoms with Crippen LogP contribution in [0.1, 0.15) is 11.1 Å². The molecule has 2 amide bonds. The number of carbonyl (C=O) groups is 2. The molecule has 0 N–H and O–H groups in total. The minimum absolute atomic E-state index is 0.222. The van der Waals surface area contributed by atoms with E-state index in [1.165, 1.54) is 4.90 Å². The number of halogens is 1. The monoisotopic (exact) mass is 474 g/mol. The minimum atomic E-state index is -0.230. The maximum atomic E-state index is 12.7. The number of aryl methyl sites for hydroxylation is 1. The van der Waals surface area contributed by atoms with Crippen LogP contribution in [-0.4, -0.2) is 20.6 Å². The average Bonchev–Trinajstić information content (AvgIpc) is 3.09. The molecule has 1 aliphatic rings. The maximum absolute atomic E-state index is 12.7. The summed E-state index contributed by atoms with van der Waals surface area (Å²) >= 11 is 3.24. The smallest absolute Gasteiger partial charge is 0.293 e. The van der Waals surface area contributed by atoms with E-state index in [1.807, 2.05) is 72.4 Å². The molecule has 0 unspecified atom stereocenters. The largest absolute Gasteiger partial charge is 0.350 e. The fourth-order valence-electron chi connectivity index (χ4n) is 3.04. The van der Waals surface area contributed by atoms with Crippen LogP contribution in [0.5, 0.6) is 0 Å². The molecule has 0 aliphatic carbocycles. The van der Waals surface area contributed by atoms with Crippen molar-refractivity contribution in [3.8, 4) is 0 Å². The van der Waals surface area contributed by atoms with Gasteiger partial charge in [0, 0.05) is 33.3 Å². The molecule has 4 nitrogen and oxygen atoms in total. The van der Waals surface area contributed by atoms with Gasteiger partial charge in [0.25, 0.3) is 11.1 Å². The lowest BCUT2D eigenvalue weighted by Crippen LogP contribution is -2.27. The standard InChI is InChI=1S/C20H15IN2O2S/c1-22-12-14(16-4-2-3-5-17(16)22)10-18-19(24)23(20(25)26-18)11-13-6-8-15(21)9-7-13/h2-10,12H,11H2,1H3/b18-10-. The quantitative estimate of drug-likeness (QED) is 0.396. The first-order valence-electron chi connectivity index (χ1n) is 8.07. The zero-order chi connectivity index (χ0) is 18.3. The van der Waals surface area contributed by atoms with Gasteiger partial charge >= 0.3 is 0 Å². The van der Waals surface area contributed by atoms with E-state index < -0.39 is 0 Å². The van der Waals surface area contributed by atoms with Gasteiger partial charge in [0.1, 0.15) is 0 Å². The summed E-state index contributed by atoms with van der Waals surface area (Å²) in [5.41, 5.74) is 2.99. The molecule has 26 heavy (non-hydrogen) atoms. The molecule has 3 aromatic rings. The molecule has 1 fully saturated rings. The number of fused-ring (bicyclic) bond motifs is 1. The van der Waals surface area contributed by atoms with Crippen LogP contribution in [0.25, 0.3) is 17.0 Å². The van der Waals surface area contributed by atoms with E-state index >= 15 is 0 Å². The van der Waals surface area contributed by atoms with E-state index in [0.717, 1.165) is 37.4 Å². The summed E-state index contributed by atoms with van der Waals surface area (Å²) in [6, 6.07) is 15.9. The number of benzene rings is 2. The Bertz CT molecular complexity index is 1050. The summed E-state index contributed by atoms with van der Waals surface area (Å²) in [7, 11) is 1.97. The number of para-hydroxylation sites is 1. The predicted octanol–water partition coefficient (Wildman–Crippen LogP) is 5.02. The van der Waals surface area contributed by atoms with Gasteiger partial charge in [-0.05, 0) is 64.2 Å². The number of carbonyl (C=O) groups excluding carboxylic acids is 2. The van der Waals surface area contributed by atoms with Crippen LogP contribution in [0, 0.1) is 3.57 Å². The van der Waals surface area contributed by atoms with E-state index in [0.29, 0.717) is 11.4 Å². The van der Waals surface area contributed by atoms with Crippen molar-refractivity contribution in [1.29, 1.82) is 0 Å². The van der Waals surface area contributed by atoms with Gasteiger partial charge in [-0.25, -0.2) is 0 Å². The SMILES string of the molecule is Cn1cc(/C=C2\SC(=O)N(Cc3ccc(I)cc3)C2=O)c2ccccc21. The normalized spacial score (nSPS) is 16.2. The molecule has 4 rings (SSSR count). The predicted molar refractivity (Wildman–Crippen MR) is 114 cm³/mol. The first kappa shape index (κ1) is 17.4. The van der Waals surface area contributed by atoms with Crippen LogP contribution in [0.15, 0.2) is 59.6 Å². The first-order valence-corrected chi connectivity index (χ1v) is 9.96. The van der Waals surface area contributed by atoms with Crippen molar-refractivity contribution in [2.24, 2.45) is 7.05 Å². The van der Waals surface area contributed by atoms with Crippen molar-refractivity contribution < 1.29 is 9.59 Å². The molecule has 1 aliphatic heterocycles. The highest BCUT2D eigenvalue weighted by Crippen LogP contribution is 2.34. The molecule has 1 aromatic heterocycles. The van der Waals surface area contributed by atoms with Gasteiger partial charge in [-0.15, -0.1) is 0 Å². The third-order valence-corrected chi connectivity index (χ3v) is 5.97. The molecule has 0 radical (unpaired) electrons. The zero-order valence-corrected chi connectivity index (χ0v) is 17.0. The summed E-state index contributed by atoms with van der Waals surface area (Å²) < 4.78 is 3.15. The average molecular weight is 474 g/mol. The molecule has 0 atom stereocenters. The minimum Gasteiger partial charge on any atom is -0.350 e. The molecule has 0 spiro atoms.